The van der Waals surface area contributed by atoms with Crippen LogP contribution in [-0.2, 0) is 26.2 Å². The Morgan fingerprint density at radius 2 is 1.60 bits per heavy atom. The Morgan fingerprint density at radius 3 is 2.17 bits per heavy atom. The van der Waals surface area contributed by atoms with Gasteiger partial charge >= 0.3 is 0 Å². The van der Waals surface area contributed by atoms with Crippen LogP contribution in [-0.4, -0.2) is 50.9 Å². The van der Waals surface area contributed by atoms with E-state index in [0.29, 0.717) is 33.5 Å². The summed E-state index contributed by atoms with van der Waals surface area (Å²) in [5, 5.41) is 3.55. The highest BCUT2D eigenvalue weighted by atomic mass is 35.5. The summed E-state index contributed by atoms with van der Waals surface area (Å²) in [5.74, 6) is -0.430. The third-order valence-corrected chi connectivity index (χ3v) is 9.00. The smallest absolute Gasteiger partial charge is 0.264 e. The number of benzene rings is 3. The van der Waals surface area contributed by atoms with Gasteiger partial charge in [-0.15, -0.1) is 0 Å². The van der Waals surface area contributed by atoms with E-state index < -0.39 is 28.5 Å². The number of methoxy groups -OCH3 is 1. The molecule has 0 saturated carbocycles. The first-order valence-electron chi connectivity index (χ1n) is 12.7. The van der Waals surface area contributed by atoms with Crippen LogP contribution < -0.4 is 14.4 Å². The van der Waals surface area contributed by atoms with Gasteiger partial charge in [0.05, 0.1) is 27.7 Å². The second-order valence-electron chi connectivity index (χ2n) is 9.29. The monoisotopic (exact) mass is 605 g/mol. The Balaban J connectivity index is 2.01. The van der Waals surface area contributed by atoms with Crippen LogP contribution in [0, 0.1) is 0 Å². The van der Waals surface area contributed by atoms with E-state index >= 15 is 0 Å². The number of sulfonamides is 1. The van der Waals surface area contributed by atoms with E-state index in [9.17, 15) is 18.0 Å². The van der Waals surface area contributed by atoms with E-state index in [0.717, 1.165) is 4.31 Å². The van der Waals surface area contributed by atoms with Crippen LogP contribution in [0.25, 0.3) is 0 Å². The molecule has 2 amide bonds. The second-order valence-corrected chi connectivity index (χ2v) is 12.0. The van der Waals surface area contributed by atoms with Crippen LogP contribution in [0.2, 0.25) is 10.0 Å². The molecule has 0 heterocycles. The lowest BCUT2D eigenvalue weighted by Gasteiger charge is -2.32. The van der Waals surface area contributed by atoms with E-state index in [4.69, 9.17) is 27.9 Å². The van der Waals surface area contributed by atoms with Crippen molar-refractivity contribution in [2.75, 3.05) is 18.0 Å². The first-order valence-corrected chi connectivity index (χ1v) is 14.9. The van der Waals surface area contributed by atoms with Gasteiger partial charge < -0.3 is 15.0 Å². The minimum atomic E-state index is -4.17. The molecule has 11 heteroatoms. The number of carbonyl (C=O) groups excluding carboxylic acids is 2. The zero-order chi connectivity index (χ0) is 29.4. The standard InChI is InChI=1S/C29H33Cl2N3O5S/c1-5-20(2)32-29(36)21(3)33(18-22-11-16-26(30)27(31)17-22)28(35)19-34(23-9-7-6-8-10-23)40(37,38)25-14-12-24(39-4)13-15-25/h6-17,20-21H,5,18-19H2,1-4H3,(H,32,36)/t20-,21-/m1/s1. The SMILES string of the molecule is CC[C@@H](C)NC(=O)[C@@H](C)N(Cc1ccc(Cl)c(Cl)c1)C(=O)CN(c1ccccc1)S(=O)(=O)c1ccc(OC)cc1. The third kappa shape index (κ3) is 7.68. The van der Waals surface area contributed by atoms with Gasteiger partial charge in [0, 0.05) is 12.6 Å². The number of rotatable bonds is 12. The fourth-order valence-electron chi connectivity index (χ4n) is 3.88. The fourth-order valence-corrected chi connectivity index (χ4v) is 5.62. The van der Waals surface area contributed by atoms with Crippen LogP contribution in [0.3, 0.4) is 0 Å². The summed E-state index contributed by atoms with van der Waals surface area (Å²) in [4.78, 5) is 28.4. The number of ether oxygens (including phenoxy) is 1. The summed E-state index contributed by atoms with van der Waals surface area (Å²) in [5.41, 5.74) is 0.938. The molecule has 1 N–H and O–H groups in total. The van der Waals surface area contributed by atoms with E-state index in [2.05, 4.69) is 5.32 Å². The summed E-state index contributed by atoms with van der Waals surface area (Å²) < 4.78 is 33.8. The molecule has 3 aromatic rings. The van der Waals surface area contributed by atoms with Crippen molar-refractivity contribution in [3.05, 3.63) is 88.4 Å². The predicted octanol–water partition coefficient (Wildman–Crippen LogP) is 5.53. The average Bonchev–Trinajstić information content (AvgIpc) is 2.96. The molecule has 0 aliphatic rings. The second kappa shape index (κ2) is 13.9. The highest BCUT2D eigenvalue weighted by Crippen LogP contribution is 2.27. The van der Waals surface area contributed by atoms with Crippen molar-refractivity contribution >= 4 is 50.7 Å². The number of carbonyl (C=O) groups is 2. The first-order chi connectivity index (χ1) is 19.0. The molecule has 214 valence electrons. The predicted molar refractivity (Wildman–Crippen MR) is 158 cm³/mol. The van der Waals surface area contributed by atoms with Gasteiger partial charge in [-0.25, -0.2) is 8.42 Å². The molecule has 2 atom stereocenters. The van der Waals surface area contributed by atoms with Crippen LogP contribution >= 0.6 is 23.2 Å². The van der Waals surface area contributed by atoms with E-state index in [1.165, 1.54) is 36.3 Å². The Bertz CT molecular complexity index is 1420. The molecular formula is C29H33Cl2N3O5S. The number of nitrogens with zero attached hydrogens (tertiary/aromatic N) is 2. The lowest BCUT2D eigenvalue weighted by atomic mass is 10.1. The van der Waals surface area contributed by atoms with Crippen molar-refractivity contribution in [1.82, 2.24) is 10.2 Å². The van der Waals surface area contributed by atoms with E-state index in [-0.39, 0.29) is 23.4 Å². The fraction of sp³-hybridized carbons (Fsp3) is 0.310. The van der Waals surface area contributed by atoms with Crippen molar-refractivity contribution in [2.45, 2.75) is 50.7 Å². The zero-order valence-corrected chi connectivity index (χ0v) is 25.1. The molecule has 0 radical (unpaired) electrons. The van der Waals surface area contributed by atoms with Crippen LogP contribution in [0.15, 0.2) is 77.7 Å². The number of para-hydroxylation sites is 1. The van der Waals surface area contributed by atoms with E-state index in [1.54, 1.807) is 55.5 Å². The summed E-state index contributed by atoms with van der Waals surface area (Å²) in [6.45, 7) is 4.89. The molecule has 0 bridgehead atoms. The molecule has 8 nitrogen and oxygen atoms in total. The van der Waals surface area contributed by atoms with Crippen molar-refractivity contribution in [3.63, 3.8) is 0 Å². The van der Waals surface area contributed by atoms with Gasteiger partial charge in [0.2, 0.25) is 11.8 Å². The quantitative estimate of drug-likeness (QED) is 0.293. The average molecular weight is 607 g/mol. The number of hydrogen-bond donors (Lipinski definition) is 1. The molecule has 0 aliphatic heterocycles. The molecular weight excluding hydrogens is 573 g/mol. The van der Waals surface area contributed by atoms with Crippen molar-refractivity contribution in [2.24, 2.45) is 0 Å². The van der Waals surface area contributed by atoms with Gasteiger partial charge in [-0.1, -0.05) is 54.4 Å². The maximum atomic E-state index is 13.9. The Morgan fingerprint density at radius 1 is 0.950 bits per heavy atom. The minimum absolute atomic E-state index is 0.00995. The molecule has 40 heavy (non-hydrogen) atoms. The molecule has 0 saturated heterocycles. The van der Waals surface area contributed by atoms with Gasteiger partial charge in [-0.2, -0.15) is 0 Å². The lowest BCUT2D eigenvalue weighted by molar-refractivity contribution is -0.139. The molecule has 3 aromatic carbocycles. The van der Waals surface area contributed by atoms with Gasteiger partial charge in [0.1, 0.15) is 18.3 Å². The van der Waals surface area contributed by atoms with Crippen LogP contribution in [0.4, 0.5) is 5.69 Å². The highest BCUT2D eigenvalue weighted by molar-refractivity contribution is 7.92. The Kier molecular flexibility index (Phi) is 10.8. The van der Waals surface area contributed by atoms with Crippen LogP contribution in [0.5, 0.6) is 5.75 Å². The Labute approximate surface area is 245 Å². The summed E-state index contributed by atoms with van der Waals surface area (Å²) >= 11 is 12.3. The highest BCUT2D eigenvalue weighted by Gasteiger charge is 2.32. The number of hydrogen-bond acceptors (Lipinski definition) is 5. The van der Waals surface area contributed by atoms with Gasteiger partial charge in [-0.3, -0.25) is 13.9 Å². The lowest BCUT2D eigenvalue weighted by Crippen LogP contribution is -2.52. The van der Waals surface area contributed by atoms with Crippen molar-refractivity contribution in [1.29, 1.82) is 0 Å². The van der Waals surface area contributed by atoms with Gasteiger partial charge in [-0.05, 0) is 74.4 Å². The van der Waals surface area contributed by atoms with Crippen molar-refractivity contribution < 1.29 is 22.7 Å². The Hall–Kier alpha value is -3.27. The molecule has 0 fully saturated rings. The van der Waals surface area contributed by atoms with Gasteiger partial charge in [0.25, 0.3) is 10.0 Å². The van der Waals surface area contributed by atoms with Crippen molar-refractivity contribution in [3.8, 4) is 5.75 Å². The number of amides is 2. The number of halogens is 2. The topological polar surface area (TPSA) is 96.0 Å². The zero-order valence-electron chi connectivity index (χ0n) is 22.8. The molecule has 0 aromatic heterocycles. The number of nitrogens with one attached hydrogen (secondary N) is 1. The summed E-state index contributed by atoms with van der Waals surface area (Å²) in [7, 11) is -2.69. The van der Waals surface area contributed by atoms with Crippen LogP contribution in [0.1, 0.15) is 32.8 Å². The maximum Gasteiger partial charge on any atom is 0.264 e. The normalized spacial score (nSPS) is 12.8. The molecule has 0 unspecified atom stereocenters. The van der Waals surface area contributed by atoms with Gasteiger partial charge in [0.15, 0.2) is 0 Å². The summed E-state index contributed by atoms with van der Waals surface area (Å²) in [6, 6.07) is 18.2. The maximum absolute atomic E-state index is 13.9. The molecule has 3 rings (SSSR count). The molecule has 0 aliphatic carbocycles. The van der Waals surface area contributed by atoms with E-state index in [1.807, 2.05) is 13.8 Å². The summed E-state index contributed by atoms with van der Waals surface area (Å²) in [6.07, 6.45) is 0.709. The number of anilines is 1. The third-order valence-electron chi connectivity index (χ3n) is 6.48. The minimum Gasteiger partial charge on any atom is -0.497 e. The first kappa shape index (κ1) is 31.3. The largest absolute Gasteiger partial charge is 0.497 e. The molecule has 0 spiro atoms.